The maximum atomic E-state index is 13.3. The van der Waals surface area contributed by atoms with Crippen LogP contribution in [-0.4, -0.2) is 74.7 Å². The van der Waals surface area contributed by atoms with Crippen molar-refractivity contribution in [1.29, 1.82) is 0 Å². The van der Waals surface area contributed by atoms with Crippen molar-refractivity contribution < 1.29 is 28.5 Å². The number of benzene rings is 2. The minimum Gasteiger partial charge on any atom is -0.497 e. The number of hydrogen-bond acceptors (Lipinski definition) is 8. The largest absolute Gasteiger partial charge is 0.497 e. The lowest BCUT2D eigenvalue weighted by atomic mass is 9.63. The molecule has 0 amide bonds. The van der Waals surface area contributed by atoms with Crippen LogP contribution >= 0.6 is 11.8 Å². The summed E-state index contributed by atoms with van der Waals surface area (Å²) in [7, 11) is 4.69. The Morgan fingerprint density at radius 2 is 1.93 bits per heavy atom. The van der Waals surface area contributed by atoms with E-state index in [4.69, 9.17) is 18.9 Å². The Balaban J connectivity index is 1.24. The highest BCUT2D eigenvalue weighted by Gasteiger charge is 2.54. The normalized spacial score (nSPS) is 26.9. The molecule has 2 aliphatic heterocycles. The molecule has 0 spiro atoms. The molecule has 9 heteroatoms. The summed E-state index contributed by atoms with van der Waals surface area (Å²) in [5.41, 5.74) is 5.79. The fraction of sp³-hybridized carbons (Fsp3) is 0.471. The van der Waals surface area contributed by atoms with Gasteiger partial charge in [0.15, 0.2) is 0 Å². The summed E-state index contributed by atoms with van der Waals surface area (Å²) in [5.74, 6) is -0.256. The third kappa shape index (κ3) is 5.58. The number of aromatic amines is 1. The number of fused-ring (bicyclic) bond motifs is 6. The highest BCUT2D eigenvalue weighted by molar-refractivity contribution is 7.98. The molecular weight excluding hydrogens is 564 g/mol. The van der Waals surface area contributed by atoms with Crippen molar-refractivity contribution >= 4 is 40.7 Å². The molecule has 6 rings (SSSR count). The van der Waals surface area contributed by atoms with Crippen LogP contribution < -0.4 is 4.74 Å². The summed E-state index contributed by atoms with van der Waals surface area (Å²) in [6.45, 7) is 3.83. The van der Waals surface area contributed by atoms with E-state index in [1.54, 1.807) is 32.1 Å². The second-order valence-electron chi connectivity index (χ2n) is 11.9. The first kappa shape index (κ1) is 29.8. The van der Waals surface area contributed by atoms with Crippen molar-refractivity contribution in [3.63, 3.8) is 0 Å². The first-order chi connectivity index (χ1) is 20.8. The van der Waals surface area contributed by atoms with Gasteiger partial charge in [0.1, 0.15) is 18.0 Å². The maximum absolute atomic E-state index is 13.3. The van der Waals surface area contributed by atoms with E-state index >= 15 is 0 Å². The molecule has 0 unspecified atom stereocenters. The lowest BCUT2D eigenvalue weighted by Gasteiger charge is -2.52. The Morgan fingerprint density at radius 1 is 1.09 bits per heavy atom. The number of nitrogens with one attached hydrogen (secondary N) is 1. The van der Waals surface area contributed by atoms with Gasteiger partial charge in [-0.15, -0.1) is 11.8 Å². The molecular formula is C34H40N2O6S. The second-order valence-corrected chi connectivity index (χ2v) is 12.7. The van der Waals surface area contributed by atoms with E-state index in [0.29, 0.717) is 6.42 Å². The molecule has 3 aromatic rings. The predicted molar refractivity (Wildman–Crippen MR) is 167 cm³/mol. The van der Waals surface area contributed by atoms with Gasteiger partial charge in [-0.1, -0.05) is 12.1 Å². The van der Waals surface area contributed by atoms with Crippen LogP contribution in [0.15, 0.2) is 47.4 Å². The van der Waals surface area contributed by atoms with E-state index in [2.05, 4.69) is 35.0 Å². The lowest BCUT2D eigenvalue weighted by Crippen LogP contribution is -2.58. The summed E-state index contributed by atoms with van der Waals surface area (Å²) in [5, 5.41) is 1.23. The van der Waals surface area contributed by atoms with Gasteiger partial charge in [0.05, 0.1) is 26.2 Å². The van der Waals surface area contributed by atoms with Gasteiger partial charge in [-0.2, -0.15) is 0 Å². The molecule has 6 atom stereocenters. The molecule has 0 bridgehead atoms. The molecule has 3 aliphatic rings. The Morgan fingerprint density at radius 3 is 2.67 bits per heavy atom. The van der Waals surface area contributed by atoms with Crippen LogP contribution in [-0.2, 0) is 30.2 Å². The molecule has 3 heterocycles. The molecule has 228 valence electrons. The maximum Gasteiger partial charge on any atom is 0.331 e. The number of carbonyl (C=O) groups is 2. The number of ether oxygens (including phenoxy) is 4. The number of aromatic nitrogens is 1. The minimum absolute atomic E-state index is 0.0357. The molecule has 1 saturated carbocycles. The Labute approximate surface area is 257 Å². The predicted octanol–water partition coefficient (Wildman–Crippen LogP) is 5.58. The number of thioether (sulfide) groups is 1. The molecule has 8 nitrogen and oxygen atoms in total. The monoisotopic (exact) mass is 604 g/mol. The zero-order valence-corrected chi connectivity index (χ0v) is 26.2. The number of hydrogen-bond donors (Lipinski definition) is 1. The van der Waals surface area contributed by atoms with Crippen LogP contribution in [0.5, 0.6) is 5.75 Å². The molecule has 1 aromatic heterocycles. The van der Waals surface area contributed by atoms with Gasteiger partial charge in [-0.05, 0) is 85.2 Å². The summed E-state index contributed by atoms with van der Waals surface area (Å²) in [4.78, 5) is 33.8. The summed E-state index contributed by atoms with van der Waals surface area (Å²) in [6.07, 6.45) is 6.53. The number of rotatable bonds is 7. The highest BCUT2D eigenvalue weighted by atomic mass is 32.2. The fourth-order valence-corrected chi connectivity index (χ4v) is 8.29. The van der Waals surface area contributed by atoms with Crippen LogP contribution in [0.3, 0.4) is 0 Å². The minimum atomic E-state index is -0.588. The number of aryl methyl sites for hydroxylation is 1. The first-order valence-corrected chi connectivity index (χ1v) is 16.1. The van der Waals surface area contributed by atoms with E-state index in [1.807, 2.05) is 24.5 Å². The van der Waals surface area contributed by atoms with Crippen molar-refractivity contribution in [3.05, 3.63) is 64.9 Å². The third-order valence-corrected chi connectivity index (χ3v) is 10.6. The van der Waals surface area contributed by atoms with Gasteiger partial charge in [-0.3, -0.25) is 9.69 Å². The molecule has 1 aliphatic carbocycles. The van der Waals surface area contributed by atoms with Gasteiger partial charge in [0, 0.05) is 53.8 Å². The lowest BCUT2D eigenvalue weighted by molar-refractivity contribution is -0.187. The highest BCUT2D eigenvalue weighted by Crippen LogP contribution is 2.50. The van der Waals surface area contributed by atoms with Gasteiger partial charge in [-0.25, -0.2) is 4.79 Å². The van der Waals surface area contributed by atoms with E-state index < -0.39 is 24.1 Å². The molecule has 1 saturated heterocycles. The summed E-state index contributed by atoms with van der Waals surface area (Å²) < 4.78 is 22.7. The van der Waals surface area contributed by atoms with Crippen molar-refractivity contribution in [1.82, 2.24) is 9.88 Å². The Bertz CT molecular complexity index is 1550. The van der Waals surface area contributed by atoms with Crippen LogP contribution in [0.25, 0.3) is 17.0 Å². The first-order valence-electron chi connectivity index (χ1n) is 14.9. The number of carbonyl (C=O) groups excluding carboxylic acids is 2. The SMILES string of the molecule is COC(=O)[C@H]1[C@H]2C[C@@H]3c4[nH]c5cc(OC)ccc5c4CCN3C[C@H]2C[C@@H](OC(=O)/C=C/c2ccc(C)c(SC)c2)[C@@H]1OC. The standard InChI is InChI=1S/C34H40N2O6S/c1-19-6-7-20(14-29(19)43-5)8-11-30(37)42-28-15-21-18-36-13-12-24-23-10-9-22(39-2)16-26(23)35-32(24)27(36)17-25(21)31(33(28)40-3)34(38)41-4/h6-11,14,16,21,25,27-28,31,33,35H,12-13,15,17-18H2,1-5H3/b11-8+/t21-,25+,27-,28-,31+,33+/m1/s1. The van der Waals surface area contributed by atoms with Gasteiger partial charge >= 0.3 is 11.9 Å². The smallest absolute Gasteiger partial charge is 0.331 e. The summed E-state index contributed by atoms with van der Waals surface area (Å²) >= 11 is 1.68. The number of piperidine rings is 1. The zero-order chi connectivity index (χ0) is 30.2. The average molecular weight is 605 g/mol. The second kappa shape index (κ2) is 12.4. The van der Waals surface area contributed by atoms with Crippen molar-refractivity contribution in [2.75, 3.05) is 40.7 Å². The third-order valence-electron chi connectivity index (χ3n) is 9.71. The Hall–Kier alpha value is -3.27. The average Bonchev–Trinajstić information content (AvgIpc) is 3.40. The fourth-order valence-electron chi connectivity index (χ4n) is 7.65. The molecule has 2 aromatic carbocycles. The Kier molecular flexibility index (Phi) is 8.58. The topological polar surface area (TPSA) is 90.1 Å². The van der Waals surface area contributed by atoms with Crippen LogP contribution in [0.2, 0.25) is 0 Å². The van der Waals surface area contributed by atoms with Crippen molar-refractivity contribution in [2.24, 2.45) is 17.8 Å². The van der Waals surface area contributed by atoms with Crippen LogP contribution in [0, 0.1) is 24.7 Å². The molecule has 1 N–H and O–H groups in total. The van der Waals surface area contributed by atoms with E-state index in [1.165, 1.54) is 40.3 Å². The number of nitrogens with zero attached hydrogens (tertiary/aromatic N) is 1. The van der Waals surface area contributed by atoms with Gasteiger partial charge < -0.3 is 23.9 Å². The van der Waals surface area contributed by atoms with Gasteiger partial charge in [0.25, 0.3) is 0 Å². The number of H-pyrrole nitrogens is 1. The molecule has 0 radical (unpaired) electrons. The van der Waals surface area contributed by atoms with Crippen LogP contribution in [0.1, 0.15) is 41.3 Å². The van der Waals surface area contributed by atoms with E-state index in [-0.39, 0.29) is 23.8 Å². The quantitative estimate of drug-likeness (QED) is 0.213. The number of esters is 2. The van der Waals surface area contributed by atoms with Crippen LogP contribution in [0.4, 0.5) is 0 Å². The van der Waals surface area contributed by atoms with Crippen molar-refractivity contribution in [3.8, 4) is 5.75 Å². The van der Waals surface area contributed by atoms with Crippen molar-refractivity contribution in [2.45, 2.75) is 49.3 Å². The van der Waals surface area contributed by atoms with Gasteiger partial charge in [0.2, 0.25) is 0 Å². The molecule has 2 fully saturated rings. The van der Waals surface area contributed by atoms with E-state index in [9.17, 15) is 9.59 Å². The number of methoxy groups -OCH3 is 3. The summed E-state index contributed by atoms with van der Waals surface area (Å²) in [6, 6.07) is 12.5. The molecule has 43 heavy (non-hydrogen) atoms. The zero-order valence-electron chi connectivity index (χ0n) is 25.4. The van der Waals surface area contributed by atoms with E-state index in [0.717, 1.165) is 42.8 Å².